The fraction of sp³-hybridized carbons (Fsp3) is 0.429. The number of ether oxygens (including phenoxy) is 1. The number of nitrogens with one attached hydrogen (secondary N) is 2. The molecule has 2 atom stereocenters. The van der Waals surface area contributed by atoms with E-state index < -0.39 is 35.7 Å². The molecule has 1 saturated carbocycles. The van der Waals surface area contributed by atoms with Crippen LogP contribution in [0.1, 0.15) is 55.3 Å². The molecule has 0 bridgehead atoms. The fourth-order valence-electron chi connectivity index (χ4n) is 5.89. The van der Waals surface area contributed by atoms with Crippen LogP contribution in [0, 0.1) is 11.6 Å². The molecule has 1 aliphatic carbocycles. The predicted molar refractivity (Wildman–Crippen MR) is 137 cm³/mol. The molecule has 4 amide bonds. The maximum Gasteiger partial charge on any atom is 0.337 e. The maximum atomic E-state index is 14.1. The summed E-state index contributed by atoms with van der Waals surface area (Å²) in [5.74, 6) is -2.59. The number of carbonyl (C=O) groups excluding carboxylic acids is 3. The Bertz CT molecular complexity index is 1270. The highest BCUT2D eigenvalue weighted by molar-refractivity contribution is 6.00. The smallest absolute Gasteiger partial charge is 0.337 e. The molecule has 5 rings (SSSR count). The van der Waals surface area contributed by atoms with Crippen molar-refractivity contribution in [3.63, 3.8) is 0 Å². The summed E-state index contributed by atoms with van der Waals surface area (Å²) in [6.07, 6.45) is 7.87. The molecule has 39 heavy (non-hydrogen) atoms. The Balaban J connectivity index is 1.25. The van der Waals surface area contributed by atoms with E-state index in [1.54, 1.807) is 0 Å². The van der Waals surface area contributed by atoms with Gasteiger partial charge in [0, 0.05) is 49.2 Å². The average Bonchev–Trinajstić information content (AvgIpc) is 3.42. The van der Waals surface area contributed by atoms with E-state index in [2.05, 4.69) is 26.6 Å². The van der Waals surface area contributed by atoms with Crippen LogP contribution in [0.5, 0.6) is 0 Å². The van der Waals surface area contributed by atoms with Crippen molar-refractivity contribution >= 4 is 18.0 Å². The van der Waals surface area contributed by atoms with E-state index in [0.717, 1.165) is 68.3 Å². The Hall–Kier alpha value is -3.86. The molecule has 2 fully saturated rings. The van der Waals surface area contributed by atoms with Crippen molar-refractivity contribution in [2.75, 3.05) is 20.2 Å². The number of amides is 4. The second-order valence-corrected chi connectivity index (χ2v) is 10.2. The first kappa shape index (κ1) is 26.7. The number of rotatable bonds is 5. The van der Waals surface area contributed by atoms with Gasteiger partial charge in [0.15, 0.2) is 11.6 Å². The molecular formula is C28H31F2N5O4. The van der Waals surface area contributed by atoms with E-state index in [1.165, 1.54) is 6.07 Å². The Morgan fingerprint density at radius 2 is 1.87 bits per heavy atom. The van der Waals surface area contributed by atoms with E-state index in [-0.39, 0.29) is 17.2 Å². The van der Waals surface area contributed by atoms with Gasteiger partial charge in [-0.05, 0) is 61.9 Å². The number of carbonyl (C=O) groups is 3. The van der Waals surface area contributed by atoms with Crippen molar-refractivity contribution in [2.24, 2.45) is 0 Å². The van der Waals surface area contributed by atoms with Gasteiger partial charge in [0.1, 0.15) is 6.04 Å². The monoisotopic (exact) mass is 539 g/mol. The Labute approximate surface area is 225 Å². The van der Waals surface area contributed by atoms with Crippen LogP contribution in [0.15, 0.2) is 54.4 Å². The van der Waals surface area contributed by atoms with Crippen molar-refractivity contribution in [1.29, 1.82) is 0 Å². The zero-order chi connectivity index (χ0) is 27.5. The first-order valence-electron chi connectivity index (χ1n) is 13.1. The molecule has 1 saturated heterocycles. The van der Waals surface area contributed by atoms with E-state index in [4.69, 9.17) is 4.74 Å². The summed E-state index contributed by atoms with van der Waals surface area (Å²) in [7, 11) is 1.16. The van der Waals surface area contributed by atoms with Crippen LogP contribution in [0.4, 0.5) is 18.4 Å². The molecule has 9 nitrogen and oxygen atoms in total. The molecule has 3 aliphatic rings. The number of benzene rings is 1. The standard InChI is InChI=1S/C28H31F2N5O4/c1-39-26(36)21-15-32-27(37)35(25(21)18-7-10-22(29)23(30)14-18)28(38)33-19-11-13-34(16-19)20-8-5-17(6-9-20)24-4-2-3-12-31-24/h2-4,7,10,12,14-15,17,19-20,25H,5-6,8-9,11,13,16H2,1H3,(H,32,37)(H,33,38)/t17?,19-,20?,25+/m1/s1. The number of imide groups is 1. The molecule has 206 valence electrons. The van der Waals surface area contributed by atoms with Crippen molar-refractivity contribution in [3.8, 4) is 0 Å². The molecule has 2 N–H and O–H groups in total. The molecule has 0 unspecified atom stereocenters. The third kappa shape index (κ3) is 5.63. The molecule has 0 spiro atoms. The normalized spacial score (nSPS) is 25.6. The summed E-state index contributed by atoms with van der Waals surface area (Å²) >= 11 is 0. The van der Waals surface area contributed by atoms with Gasteiger partial charge in [-0.1, -0.05) is 12.1 Å². The number of esters is 1. The third-order valence-corrected chi connectivity index (χ3v) is 7.89. The molecule has 0 radical (unpaired) electrons. The van der Waals surface area contributed by atoms with Crippen LogP contribution in [0.3, 0.4) is 0 Å². The van der Waals surface area contributed by atoms with Crippen LogP contribution >= 0.6 is 0 Å². The minimum absolute atomic E-state index is 0.0632. The lowest BCUT2D eigenvalue weighted by molar-refractivity contribution is -0.136. The van der Waals surface area contributed by atoms with Crippen LogP contribution in [-0.4, -0.2) is 65.1 Å². The largest absolute Gasteiger partial charge is 0.466 e. The van der Waals surface area contributed by atoms with Crippen molar-refractivity contribution in [1.82, 2.24) is 25.4 Å². The molecule has 3 heterocycles. The van der Waals surface area contributed by atoms with Gasteiger partial charge in [0.25, 0.3) is 0 Å². The van der Waals surface area contributed by atoms with Crippen LogP contribution in [0.2, 0.25) is 0 Å². The molecule has 2 aromatic rings. The van der Waals surface area contributed by atoms with Crippen molar-refractivity contribution < 1.29 is 27.9 Å². The molecular weight excluding hydrogens is 508 g/mol. The van der Waals surface area contributed by atoms with Crippen LogP contribution in [-0.2, 0) is 9.53 Å². The molecule has 11 heteroatoms. The second-order valence-electron chi connectivity index (χ2n) is 10.2. The Morgan fingerprint density at radius 3 is 2.56 bits per heavy atom. The fourth-order valence-corrected chi connectivity index (χ4v) is 5.89. The summed E-state index contributed by atoms with van der Waals surface area (Å²) in [5.41, 5.74) is 1.11. The first-order valence-corrected chi connectivity index (χ1v) is 13.1. The van der Waals surface area contributed by atoms with Gasteiger partial charge < -0.3 is 15.4 Å². The number of halogens is 2. The number of pyridine rings is 1. The maximum absolute atomic E-state index is 14.1. The number of hydrogen-bond acceptors (Lipinski definition) is 6. The van der Waals surface area contributed by atoms with E-state index in [1.807, 2.05) is 18.3 Å². The number of methoxy groups -OCH3 is 1. The van der Waals surface area contributed by atoms with E-state index >= 15 is 0 Å². The molecule has 1 aromatic carbocycles. The summed E-state index contributed by atoms with van der Waals surface area (Å²) in [6, 6.07) is 6.40. The molecule has 1 aromatic heterocycles. The summed E-state index contributed by atoms with van der Waals surface area (Å²) in [4.78, 5) is 46.4. The summed E-state index contributed by atoms with van der Waals surface area (Å²) in [6.45, 7) is 1.45. The zero-order valence-electron chi connectivity index (χ0n) is 21.6. The van der Waals surface area contributed by atoms with Crippen LogP contribution in [0.25, 0.3) is 0 Å². The highest BCUT2D eigenvalue weighted by atomic mass is 19.2. The third-order valence-electron chi connectivity index (χ3n) is 7.89. The average molecular weight is 540 g/mol. The minimum Gasteiger partial charge on any atom is -0.466 e. The topological polar surface area (TPSA) is 104 Å². The number of aromatic nitrogens is 1. The highest BCUT2D eigenvalue weighted by Crippen LogP contribution is 2.36. The van der Waals surface area contributed by atoms with Gasteiger partial charge in [0.2, 0.25) is 0 Å². The molecule has 2 aliphatic heterocycles. The number of urea groups is 2. The van der Waals surface area contributed by atoms with Crippen molar-refractivity contribution in [2.45, 2.75) is 56.1 Å². The predicted octanol–water partition coefficient (Wildman–Crippen LogP) is 3.99. The van der Waals surface area contributed by atoms with Crippen molar-refractivity contribution in [3.05, 3.63) is 77.3 Å². The summed E-state index contributed by atoms with van der Waals surface area (Å²) in [5, 5.41) is 5.30. The zero-order valence-corrected chi connectivity index (χ0v) is 21.6. The van der Waals surface area contributed by atoms with E-state index in [9.17, 15) is 23.2 Å². The second kappa shape index (κ2) is 11.5. The van der Waals surface area contributed by atoms with Crippen LogP contribution < -0.4 is 10.6 Å². The van der Waals surface area contributed by atoms with Gasteiger partial charge in [0.05, 0.1) is 12.7 Å². The Kier molecular flexibility index (Phi) is 7.87. The van der Waals surface area contributed by atoms with E-state index in [0.29, 0.717) is 24.9 Å². The SMILES string of the molecule is COC(=O)C1=CNC(=O)N(C(=O)N[C@@H]2CCN(C3CCC(c4ccccn4)CC3)C2)[C@H]1c1ccc(F)c(F)c1. The Morgan fingerprint density at radius 1 is 1.08 bits per heavy atom. The highest BCUT2D eigenvalue weighted by Gasteiger charge is 2.41. The number of nitrogens with zero attached hydrogens (tertiary/aromatic N) is 3. The number of likely N-dealkylation sites (tertiary alicyclic amines) is 1. The first-order chi connectivity index (χ1) is 18.9. The quantitative estimate of drug-likeness (QED) is 0.557. The lowest BCUT2D eigenvalue weighted by Gasteiger charge is -2.35. The minimum atomic E-state index is -1.29. The number of hydrogen-bond donors (Lipinski definition) is 2. The van der Waals surface area contributed by atoms with Gasteiger partial charge in [-0.3, -0.25) is 9.88 Å². The van der Waals surface area contributed by atoms with Gasteiger partial charge in [-0.15, -0.1) is 0 Å². The summed E-state index contributed by atoms with van der Waals surface area (Å²) < 4.78 is 32.5. The van der Waals surface area contributed by atoms with Gasteiger partial charge in [-0.2, -0.15) is 0 Å². The lowest BCUT2D eigenvalue weighted by Crippen LogP contribution is -2.55. The van der Waals surface area contributed by atoms with Gasteiger partial charge >= 0.3 is 18.0 Å². The lowest BCUT2D eigenvalue weighted by atomic mass is 9.83. The van der Waals surface area contributed by atoms with Gasteiger partial charge in [-0.25, -0.2) is 28.1 Å².